The lowest BCUT2D eigenvalue weighted by atomic mass is 10.0. The molecule has 1 aliphatic heterocycles. The number of carbonyl (C=O) groups is 1. The summed E-state index contributed by atoms with van der Waals surface area (Å²) in [4.78, 5) is 22.1. The number of nitrogens with zero attached hydrogens (tertiary/aromatic N) is 4. The van der Waals surface area contributed by atoms with Crippen LogP contribution in [0, 0.1) is 5.82 Å². The van der Waals surface area contributed by atoms with Crippen LogP contribution in [0.25, 0.3) is 28.0 Å². The van der Waals surface area contributed by atoms with Crippen LogP contribution < -0.4 is 16.0 Å². The predicted molar refractivity (Wildman–Crippen MR) is 161 cm³/mol. The van der Waals surface area contributed by atoms with Crippen molar-refractivity contribution in [2.75, 3.05) is 17.2 Å². The van der Waals surface area contributed by atoms with Crippen molar-refractivity contribution < 1.29 is 9.18 Å². The zero-order valence-corrected chi connectivity index (χ0v) is 22.5. The van der Waals surface area contributed by atoms with E-state index in [1.54, 1.807) is 47.1 Å². The van der Waals surface area contributed by atoms with Crippen LogP contribution >= 0.6 is 0 Å². The van der Waals surface area contributed by atoms with Crippen molar-refractivity contribution in [3.05, 3.63) is 126 Å². The molecule has 42 heavy (non-hydrogen) atoms. The maximum Gasteiger partial charge on any atom is 0.255 e. The van der Waals surface area contributed by atoms with Crippen molar-refractivity contribution in [3.8, 4) is 22.5 Å². The first-order chi connectivity index (χ1) is 20.6. The number of hydrogen-bond acceptors (Lipinski definition) is 6. The number of amides is 1. The van der Waals surface area contributed by atoms with Crippen molar-refractivity contribution in [1.29, 1.82) is 0 Å². The third-order valence-corrected chi connectivity index (χ3v) is 7.32. The molecule has 3 N–H and O–H groups in total. The fourth-order valence-corrected chi connectivity index (χ4v) is 5.25. The van der Waals surface area contributed by atoms with Gasteiger partial charge in [0.1, 0.15) is 11.5 Å². The second kappa shape index (κ2) is 10.9. The van der Waals surface area contributed by atoms with Crippen LogP contribution in [0.5, 0.6) is 0 Å². The van der Waals surface area contributed by atoms with Crippen molar-refractivity contribution in [1.82, 2.24) is 24.9 Å². The highest BCUT2D eigenvalue weighted by molar-refractivity contribution is 6.04. The second-order valence-electron chi connectivity index (χ2n) is 10.1. The first kappa shape index (κ1) is 25.6. The summed E-state index contributed by atoms with van der Waals surface area (Å²) in [6.07, 6.45) is 4.57. The molecule has 0 bridgehead atoms. The SMILES string of the molecule is O=C(Nc1cc(-c2nn3ccccc3c2-c2ccnc(Nc3ccc4c(c3)CNCC4)n2)ccc1F)c1ccccc1. The Labute approximate surface area is 241 Å². The molecule has 8 nitrogen and oxygen atoms in total. The molecule has 6 aromatic rings. The molecule has 0 saturated carbocycles. The number of rotatable bonds is 6. The van der Waals surface area contributed by atoms with Crippen LogP contribution in [0.2, 0.25) is 0 Å². The topological polar surface area (TPSA) is 96.2 Å². The van der Waals surface area contributed by atoms with E-state index in [-0.39, 0.29) is 5.69 Å². The lowest BCUT2D eigenvalue weighted by Crippen LogP contribution is -2.23. The smallest absolute Gasteiger partial charge is 0.255 e. The van der Waals surface area contributed by atoms with Gasteiger partial charge in [-0.1, -0.05) is 30.3 Å². The first-order valence-corrected chi connectivity index (χ1v) is 13.7. The highest BCUT2D eigenvalue weighted by Gasteiger charge is 2.20. The summed E-state index contributed by atoms with van der Waals surface area (Å²) in [5, 5.41) is 14.3. The predicted octanol–water partition coefficient (Wildman–Crippen LogP) is 6.24. The van der Waals surface area contributed by atoms with Gasteiger partial charge >= 0.3 is 0 Å². The van der Waals surface area contributed by atoms with Gasteiger partial charge in [-0.05, 0) is 84.8 Å². The van der Waals surface area contributed by atoms with Crippen LogP contribution in [0.3, 0.4) is 0 Å². The van der Waals surface area contributed by atoms with Crippen molar-refractivity contribution in [2.45, 2.75) is 13.0 Å². The summed E-state index contributed by atoms with van der Waals surface area (Å²) >= 11 is 0. The maximum atomic E-state index is 14.9. The molecular weight excluding hydrogens is 529 g/mol. The van der Waals surface area contributed by atoms with Gasteiger partial charge in [-0.2, -0.15) is 5.10 Å². The van der Waals surface area contributed by atoms with Crippen molar-refractivity contribution in [2.24, 2.45) is 0 Å². The maximum absolute atomic E-state index is 14.9. The first-order valence-electron chi connectivity index (χ1n) is 13.7. The third kappa shape index (κ3) is 4.97. The minimum atomic E-state index is -0.540. The zero-order chi connectivity index (χ0) is 28.5. The number of pyridine rings is 1. The lowest BCUT2D eigenvalue weighted by Gasteiger charge is -2.18. The summed E-state index contributed by atoms with van der Waals surface area (Å²) in [7, 11) is 0. The molecule has 0 aliphatic carbocycles. The molecule has 206 valence electrons. The van der Waals surface area contributed by atoms with Gasteiger partial charge in [-0.15, -0.1) is 0 Å². The van der Waals surface area contributed by atoms with E-state index in [1.165, 1.54) is 17.2 Å². The molecule has 3 aromatic heterocycles. The van der Waals surface area contributed by atoms with Crippen molar-refractivity contribution >= 4 is 28.7 Å². The second-order valence-corrected chi connectivity index (χ2v) is 10.1. The van der Waals surface area contributed by atoms with Crippen LogP contribution in [-0.2, 0) is 13.0 Å². The van der Waals surface area contributed by atoms with Crippen LogP contribution in [0.1, 0.15) is 21.5 Å². The minimum absolute atomic E-state index is 0.0660. The van der Waals surface area contributed by atoms with Gasteiger partial charge in [0.25, 0.3) is 5.91 Å². The Morgan fingerprint density at radius 2 is 1.81 bits per heavy atom. The van der Waals surface area contributed by atoms with Crippen LogP contribution in [0.15, 0.2) is 103 Å². The van der Waals surface area contributed by atoms with Gasteiger partial charge < -0.3 is 16.0 Å². The summed E-state index contributed by atoms with van der Waals surface area (Å²) in [5.41, 5.74) is 7.51. The van der Waals surface area contributed by atoms with Crippen molar-refractivity contribution in [3.63, 3.8) is 0 Å². The molecule has 0 saturated heterocycles. The Balaban J connectivity index is 1.26. The molecule has 3 aromatic carbocycles. The molecule has 0 atom stereocenters. The number of anilines is 3. The Morgan fingerprint density at radius 1 is 0.929 bits per heavy atom. The molecule has 0 unspecified atom stereocenters. The fourth-order valence-electron chi connectivity index (χ4n) is 5.25. The number of halogens is 1. The number of aromatic nitrogens is 4. The molecule has 9 heteroatoms. The van der Waals surface area contributed by atoms with E-state index >= 15 is 0 Å². The van der Waals surface area contributed by atoms with Gasteiger partial charge in [-0.3, -0.25) is 4.79 Å². The third-order valence-electron chi connectivity index (χ3n) is 7.32. The highest BCUT2D eigenvalue weighted by atomic mass is 19.1. The largest absolute Gasteiger partial charge is 0.324 e. The fraction of sp³-hybridized carbons (Fsp3) is 0.0909. The van der Waals surface area contributed by atoms with Gasteiger partial charge in [0.05, 0.1) is 22.5 Å². The van der Waals surface area contributed by atoms with Gasteiger partial charge in [0.2, 0.25) is 5.95 Å². The number of carbonyl (C=O) groups excluding carboxylic acids is 1. The Morgan fingerprint density at radius 3 is 2.71 bits per heavy atom. The quantitative estimate of drug-likeness (QED) is 0.225. The van der Waals surface area contributed by atoms with E-state index in [4.69, 9.17) is 10.1 Å². The molecule has 0 radical (unpaired) electrons. The average molecular weight is 556 g/mol. The molecule has 1 aliphatic rings. The molecule has 1 amide bonds. The monoisotopic (exact) mass is 555 g/mol. The molecule has 4 heterocycles. The highest BCUT2D eigenvalue weighted by Crippen LogP contribution is 2.36. The number of nitrogens with one attached hydrogen (secondary N) is 3. The van der Waals surface area contributed by atoms with E-state index in [0.29, 0.717) is 28.5 Å². The summed E-state index contributed by atoms with van der Waals surface area (Å²) in [5.74, 6) is -0.485. The molecule has 7 rings (SSSR count). The van der Waals surface area contributed by atoms with E-state index in [2.05, 4.69) is 33.1 Å². The zero-order valence-electron chi connectivity index (χ0n) is 22.5. The van der Waals surface area contributed by atoms with E-state index in [1.807, 2.05) is 42.6 Å². The Bertz CT molecular complexity index is 1940. The molecular formula is C33H26FN7O. The summed E-state index contributed by atoms with van der Waals surface area (Å²) < 4.78 is 16.6. The normalized spacial score (nSPS) is 12.6. The van der Waals surface area contributed by atoms with E-state index in [0.717, 1.165) is 36.3 Å². The number of fused-ring (bicyclic) bond motifs is 2. The minimum Gasteiger partial charge on any atom is -0.324 e. The van der Waals surface area contributed by atoms with E-state index in [9.17, 15) is 9.18 Å². The van der Waals surface area contributed by atoms with Gasteiger partial charge in [0, 0.05) is 35.8 Å². The lowest BCUT2D eigenvalue weighted by molar-refractivity contribution is 0.102. The number of hydrogen-bond donors (Lipinski definition) is 3. The Hall–Kier alpha value is -5.41. The average Bonchev–Trinajstić information content (AvgIpc) is 3.42. The summed E-state index contributed by atoms with van der Waals surface area (Å²) in [6, 6.07) is 27.2. The van der Waals surface area contributed by atoms with Crippen LogP contribution in [0.4, 0.5) is 21.7 Å². The standard InChI is InChI=1S/C33H26FN7O/c34-26-12-10-23(19-28(26)38-32(42)22-6-2-1-3-7-22)31-30(29-8-4-5-17-41(29)40-31)27-14-16-36-33(39-27)37-25-11-9-21-13-15-35-20-24(21)18-25/h1-12,14,16-19,35H,13,15,20H2,(H,38,42)(H,36,37,39). The van der Waals surface area contributed by atoms with Crippen LogP contribution in [-0.4, -0.2) is 32.0 Å². The number of benzene rings is 3. The van der Waals surface area contributed by atoms with E-state index < -0.39 is 11.7 Å². The van der Waals surface area contributed by atoms with Gasteiger partial charge in [0.15, 0.2) is 0 Å². The molecule has 0 spiro atoms. The molecule has 0 fully saturated rings. The Kier molecular flexibility index (Phi) is 6.61. The van der Waals surface area contributed by atoms with Gasteiger partial charge in [-0.25, -0.2) is 18.9 Å². The summed E-state index contributed by atoms with van der Waals surface area (Å²) in [6.45, 7) is 1.82.